The van der Waals surface area contributed by atoms with Gasteiger partial charge in [-0.05, 0) is 29.8 Å². The Morgan fingerprint density at radius 3 is 2.56 bits per heavy atom. The minimum Gasteiger partial charge on any atom is -0.497 e. The summed E-state index contributed by atoms with van der Waals surface area (Å²) in [5.41, 5.74) is 6.97. The van der Waals surface area contributed by atoms with Crippen LogP contribution < -0.4 is 15.2 Å². The number of benzene rings is 1. The van der Waals surface area contributed by atoms with Gasteiger partial charge in [-0.2, -0.15) is 0 Å². The molecule has 0 radical (unpaired) electrons. The van der Waals surface area contributed by atoms with E-state index in [0.29, 0.717) is 12.4 Å². The molecule has 0 spiro atoms. The van der Waals surface area contributed by atoms with Gasteiger partial charge in [-0.3, -0.25) is 9.80 Å². The van der Waals surface area contributed by atoms with E-state index in [1.54, 1.807) is 13.3 Å². The second-order valence-corrected chi connectivity index (χ2v) is 6.23. The van der Waals surface area contributed by atoms with Crippen LogP contribution >= 0.6 is 0 Å². The highest BCUT2D eigenvalue weighted by molar-refractivity contribution is 5.33. The average molecular weight is 342 g/mol. The topological polar surface area (TPSA) is 63.9 Å². The first-order valence-electron chi connectivity index (χ1n) is 8.65. The summed E-state index contributed by atoms with van der Waals surface area (Å²) < 4.78 is 11.0. The Kier molecular flexibility index (Phi) is 6.09. The summed E-state index contributed by atoms with van der Waals surface area (Å²) in [6.45, 7) is 6.79. The van der Waals surface area contributed by atoms with Crippen LogP contribution in [0.15, 0.2) is 42.6 Å². The molecule has 6 heteroatoms. The zero-order valence-electron chi connectivity index (χ0n) is 14.7. The number of rotatable bonds is 7. The Labute approximate surface area is 149 Å². The maximum atomic E-state index is 5.83. The molecule has 1 aliphatic heterocycles. The molecule has 0 unspecified atom stereocenters. The quantitative estimate of drug-likeness (QED) is 0.829. The Bertz CT molecular complexity index is 672. The number of piperazine rings is 1. The lowest BCUT2D eigenvalue weighted by molar-refractivity contribution is 0.112. The summed E-state index contributed by atoms with van der Waals surface area (Å²) in [6.07, 6.45) is 1.77. The predicted molar refractivity (Wildman–Crippen MR) is 98.9 cm³/mol. The predicted octanol–water partition coefficient (Wildman–Crippen LogP) is 1.87. The van der Waals surface area contributed by atoms with Gasteiger partial charge in [-0.15, -0.1) is 0 Å². The summed E-state index contributed by atoms with van der Waals surface area (Å²) in [5, 5.41) is 0. The summed E-state index contributed by atoms with van der Waals surface area (Å²) in [5.74, 6) is 2.27. The molecule has 0 atom stereocenters. The van der Waals surface area contributed by atoms with Crippen molar-refractivity contribution in [2.75, 3.05) is 52.2 Å². The standard InChI is InChI=1S/C19H26N4O2/c1-24-17-3-2-4-18(14-17)25-12-11-22-7-9-23(10-8-22)15-16-5-6-21-19(20)13-16/h2-6,13-14H,7-12,15H2,1H3,(H2,20,21). The van der Waals surface area contributed by atoms with E-state index in [1.165, 1.54) is 5.56 Å². The lowest BCUT2D eigenvalue weighted by Crippen LogP contribution is -2.47. The van der Waals surface area contributed by atoms with Crippen molar-refractivity contribution in [3.8, 4) is 11.5 Å². The summed E-state index contributed by atoms with van der Waals surface area (Å²) in [7, 11) is 1.67. The molecule has 2 aromatic rings. The normalized spacial score (nSPS) is 15.9. The van der Waals surface area contributed by atoms with E-state index in [9.17, 15) is 0 Å². The highest BCUT2D eigenvalue weighted by atomic mass is 16.5. The third kappa shape index (κ3) is 5.34. The van der Waals surface area contributed by atoms with Crippen molar-refractivity contribution in [1.82, 2.24) is 14.8 Å². The average Bonchev–Trinajstić information content (AvgIpc) is 2.63. The third-order valence-electron chi connectivity index (χ3n) is 4.43. The fraction of sp³-hybridized carbons (Fsp3) is 0.421. The Morgan fingerprint density at radius 2 is 1.80 bits per heavy atom. The number of nitrogen functional groups attached to an aromatic ring is 1. The number of ether oxygens (including phenoxy) is 2. The number of pyridine rings is 1. The lowest BCUT2D eigenvalue weighted by Gasteiger charge is -2.34. The van der Waals surface area contributed by atoms with Crippen molar-refractivity contribution in [3.63, 3.8) is 0 Å². The molecule has 1 aromatic carbocycles. The number of hydrogen-bond acceptors (Lipinski definition) is 6. The maximum absolute atomic E-state index is 5.83. The number of nitrogens with two attached hydrogens (primary N) is 1. The van der Waals surface area contributed by atoms with E-state index in [-0.39, 0.29) is 0 Å². The smallest absolute Gasteiger partial charge is 0.123 e. The van der Waals surface area contributed by atoms with Crippen LogP contribution in [0.2, 0.25) is 0 Å². The SMILES string of the molecule is COc1cccc(OCCN2CCN(Cc3ccnc(N)c3)CC2)c1. The number of hydrogen-bond donors (Lipinski definition) is 1. The zero-order valence-corrected chi connectivity index (χ0v) is 14.7. The van der Waals surface area contributed by atoms with Gasteiger partial charge in [0.15, 0.2) is 0 Å². The maximum Gasteiger partial charge on any atom is 0.123 e. The molecule has 3 rings (SSSR count). The van der Waals surface area contributed by atoms with Crippen molar-refractivity contribution < 1.29 is 9.47 Å². The molecule has 1 fully saturated rings. The lowest BCUT2D eigenvalue weighted by atomic mass is 10.2. The molecule has 2 heterocycles. The van der Waals surface area contributed by atoms with E-state index < -0.39 is 0 Å². The van der Waals surface area contributed by atoms with Crippen molar-refractivity contribution in [2.45, 2.75) is 6.54 Å². The molecule has 0 saturated carbocycles. The number of methoxy groups -OCH3 is 1. The van der Waals surface area contributed by atoms with Gasteiger partial charge in [0.05, 0.1) is 7.11 Å². The first-order chi connectivity index (χ1) is 12.2. The second kappa shape index (κ2) is 8.69. The molecule has 134 valence electrons. The summed E-state index contributed by atoms with van der Waals surface area (Å²) in [6, 6.07) is 11.7. The van der Waals surface area contributed by atoms with Crippen LogP contribution in [0, 0.1) is 0 Å². The van der Waals surface area contributed by atoms with E-state index in [1.807, 2.05) is 36.4 Å². The monoisotopic (exact) mass is 342 g/mol. The first kappa shape index (κ1) is 17.5. The summed E-state index contributed by atoms with van der Waals surface area (Å²) >= 11 is 0. The van der Waals surface area contributed by atoms with Crippen molar-refractivity contribution in [2.24, 2.45) is 0 Å². The van der Waals surface area contributed by atoms with Gasteiger partial charge < -0.3 is 15.2 Å². The number of anilines is 1. The minimum atomic E-state index is 0.589. The second-order valence-electron chi connectivity index (χ2n) is 6.23. The largest absolute Gasteiger partial charge is 0.497 e. The van der Waals surface area contributed by atoms with Gasteiger partial charge in [0.2, 0.25) is 0 Å². The molecular formula is C19H26N4O2. The molecule has 2 N–H and O–H groups in total. The molecule has 1 aliphatic rings. The molecule has 6 nitrogen and oxygen atoms in total. The summed E-state index contributed by atoms with van der Waals surface area (Å²) in [4.78, 5) is 8.94. The molecule has 0 aliphatic carbocycles. The zero-order chi connectivity index (χ0) is 17.5. The minimum absolute atomic E-state index is 0.589. The molecule has 0 amide bonds. The Balaban J connectivity index is 1.37. The van der Waals surface area contributed by atoms with E-state index in [2.05, 4.69) is 14.8 Å². The highest BCUT2D eigenvalue weighted by Gasteiger charge is 2.16. The number of aromatic nitrogens is 1. The van der Waals surface area contributed by atoms with E-state index >= 15 is 0 Å². The van der Waals surface area contributed by atoms with Gasteiger partial charge in [-0.25, -0.2) is 4.98 Å². The van der Waals surface area contributed by atoms with E-state index in [0.717, 1.165) is 50.8 Å². The molecule has 25 heavy (non-hydrogen) atoms. The van der Waals surface area contributed by atoms with Crippen molar-refractivity contribution in [1.29, 1.82) is 0 Å². The number of nitrogens with zero attached hydrogens (tertiary/aromatic N) is 3. The first-order valence-corrected chi connectivity index (χ1v) is 8.65. The molecule has 0 bridgehead atoms. The molecule has 1 aromatic heterocycles. The van der Waals surface area contributed by atoms with E-state index in [4.69, 9.17) is 15.2 Å². The van der Waals surface area contributed by atoms with Crippen LogP contribution in [0.1, 0.15) is 5.56 Å². The Hall–Kier alpha value is -2.31. The highest BCUT2D eigenvalue weighted by Crippen LogP contribution is 2.18. The van der Waals surface area contributed by atoms with Crippen LogP contribution in [0.4, 0.5) is 5.82 Å². The third-order valence-corrected chi connectivity index (χ3v) is 4.43. The van der Waals surface area contributed by atoms with Crippen LogP contribution in [-0.2, 0) is 6.54 Å². The van der Waals surface area contributed by atoms with Crippen LogP contribution in [0.3, 0.4) is 0 Å². The van der Waals surface area contributed by atoms with Gasteiger partial charge in [0.1, 0.15) is 23.9 Å². The fourth-order valence-electron chi connectivity index (χ4n) is 3.01. The van der Waals surface area contributed by atoms with Crippen LogP contribution in [0.25, 0.3) is 0 Å². The Morgan fingerprint density at radius 1 is 1.04 bits per heavy atom. The van der Waals surface area contributed by atoms with Crippen molar-refractivity contribution in [3.05, 3.63) is 48.2 Å². The molecular weight excluding hydrogens is 316 g/mol. The van der Waals surface area contributed by atoms with Gasteiger partial charge in [0, 0.05) is 51.5 Å². The van der Waals surface area contributed by atoms with Gasteiger partial charge in [-0.1, -0.05) is 6.07 Å². The van der Waals surface area contributed by atoms with Crippen molar-refractivity contribution >= 4 is 5.82 Å². The van der Waals surface area contributed by atoms with Crippen LogP contribution in [-0.4, -0.2) is 61.2 Å². The fourth-order valence-corrected chi connectivity index (χ4v) is 3.01. The van der Waals surface area contributed by atoms with Crippen LogP contribution in [0.5, 0.6) is 11.5 Å². The molecule has 1 saturated heterocycles. The van der Waals surface area contributed by atoms with Gasteiger partial charge >= 0.3 is 0 Å². The van der Waals surface area contributed by atoms with Gasteiger partial charge in [0.25, 0.3) is 0 Å².